The number of hydrogen-bond donors (Lipinski definition) is 0. The third-order valence-corrected chi connectivity index (χ3v) is 14.7. The van der Waals surface area contributed by atoms with Gasteiger partial charge >= 0.3 is 106 Å². The molecule has 257 valence electrons. The van der Waals surface area contributed by atoms with E-state index in [1.54, 1.807) is 0 Å². The van der Waals surface area contributed by atoms with Gasteiger partial charge < -0.3 is 4.98 Å². The third kappa shape index (κ3) is 8.21. The summed E-state index contributed by atoms with van der Waals surface area (Å²) in [5.74, 6) is 6.53. The van der Waals surface area contributed by atoms with Crippen LogP contribution in [0.4, 0.5) is 0 Å². The molecule has 7 rings (SSSR count). The van der Waals surface area contributed by atoms with Gasteiger partial charge in [0, 0.05) is 32.4 Å². The number of hydrogen-bond acceptors (Lipinski definition) is 3. The van der Waals surface area contributed by atoms with Crippen LogP contribution in [0.2, 0.25) is 17.3 Å². The number of benzene rings is 4. The first-order chi connectivity index (χ1) is 23.6. The SMILES string of the molecule is Cc1cc(-c2[c-]cccc2)nc[c]1[Ge]([CH3])([CH3])[CH3].[2H]C(C)(C)c1ccnc(-c2[c-]cc(-c3ccccc3)c3c2sc2cc(C(C)(C)C)ccc23)c1.[Ir]. The van der Waals surface area contributed by atoms with Crippen LogP contribution >= 0.6 is 11.3 Å². The molecule has 0 unspecified atom stereocenters. The van der Waals surface area contributed by atoms with Crippen molar-refractivity contribution < 1.29 is 21.5 Å². The minimum atomic E-state index is -1.77. The molecule has 0 amide bonds. The molecule has 1 radical (unpaired) electrons. The van der Waals surface area contributed by atoms with Crippen LogP contribution in [-0.4, -0.2) is 23.2 Å². The van der Waals surface area contributed by atoms with E-state index in [9.17, 15) is 0 Å². The van der Waals surface area contributed by atoms with E-state index in [-0.39, 0.29) is 25.5 Å². The van der Waals surface area contributed by atoms with Gasteiger partial charge in [0.05, 0.1) is 0 Å². The van der Waals surface area contributed by atoms with Crippen LogP contribution in [0.15, 0.2) is 109 Å². The van der Waals surface area contributed by atoms with Gasteiger partial charge in [0.25, 0.3) is 0 Å². The van der Waals surface area contributed by atoms with Gasteiger partial charge in [0.1, 0.15) is 0 Å². The Hall–Kier alpha value is -3.41. The van der Waals surface area contributed by atoms with Crippen LogP contribution in [0.1, 0.15) is 58.6 Å². The molecule has 0 bridgehead atoms. The van der Waals surface area contributed by atoms with E-state index in [0.29, 0.717) is 0 Å². The second-order valence-electron chi connectivity index (χ2n) is 15.1. The maximum Gasteiger partial charge on any atom is 0.0346 e. The zero-order chi connectivity index (χ0) is 35.8. The second-order valence-corrected chi connectivity index (χ2v) is 26.7. The maximum atomic E-state index is 8.48. The summed E-state index contributed by atoms with van der Waals surface area (Å²) in [6.07, 6.45) is 3.89. The van der Waals surface area contributed by atoms with Crippen molar-refractivity contribution in [2.24, 2.45) is 0 Å². The monoisotopic (exact) mass is 914 g/mol. The molecule has 0 saturated carbocycles. The summed E-state index contributed by atoms with van der Waals surface area (Å²) < 4.78 is 12.4. The average molecular weight is 913 g/mol. The molecule has 50 heavy (non-hydrogen) atoms. The molecule has 3 heterocycles. The number of aromatic nitrogens is 2. The Bertz CT molecular complexity index is 2280. The standard InChI is InChI=1S/C30H28NS.C15H18GeN.Ir/c1-19(2)21-15-16-31-26(17-21)24-14-13-23(20-9-7-6-8-10-20)28-25-12-11-22(30(3,4)5)18-27(25)32-29(24)28;1-12-10-15(13-8-6-5-7-9-13)17-11-14(12)16(2,3)4;/h6-13,15-19H,1-5H3;5-8,10-11H,1-4H3;/q2*-1;/i19D;;. The Balaban J connectivity index is 0.000000237. The Morgan fingerprint density at radius 3 is 2.22 bits per heavy atom. The molecule has 2 nitrogen and oxygen atoms in total. The summed E-state index contributed by atoms with van der Waals surface area (Å²) in [5, 5.41) is 2.53. The van der Waals surface area contributed by atoms with Gasteiger partial charge in [-0.1, -0.05) is 105 Å². The molecule has 4 aromatic carbocycles. The van der Waals surface area contributed by atoms with Crippen LogP contribution in [0.25, 0.3) is 53.8 Å². The summed E-state index contributed by atoms with van der Waals surface area (Å²) in [4.78, 5) is 9.29. The largest absolute Gasteiger partial charge is 0.305 e. The topological polar surface area (TPSA) is 25.8 Å². The fourth-order valence-corrected chi connectivity index (χ4v) is 11.1. The molecular weight excluding hydrogens is 865 g/mol. The van der Waals surface area contributed by atoms with E-state index < -0.39 is 19.2 Å². The Morgan fingerprint density at radius 1 is 0.840 bits per heavy atom. The fraction of sp³-hybridized carbons (Fsp3) is 0.244. The molecule has 7 aromatic rings. The predicted octanol–water partition coefficient (Wildman–Crippen LogP) is 12.4. The van der Waals surface area contributed by atoms with Crippen molar-refractivity contribution in [1.82, 2.24) is 9.97 Å². The normalized spacial score (nSPS) is 12.2. The molecule has 0 spiro atoms. The van der Waals surface area contributed by atoms with E-state index in [0.717, 1.165) is 28.1 Å². The number of aryl methyl sites for hydroxylation is 1. The van der Waals surface area contributed by atoms with Crippen molar-refractivity contribution in [1.29, 1.82) is 0 Å². The van der Waals surface area contributed by atoms with Crippen molar-refractivity contribution in [2.75, 3.05) is 0 Å². The zero-order valence-electron chi connectivity index (χ0n) is 31.5. The van der Waals surface area contributed by atoms with Gasteiger partial charge in [-0.15, -0.1) is 17.7 Å². The summed E-state index contributed by atoms with van der Waals surface area (Å²) in [6.45, 7) is 12.8. The molecule has 5 heteroatoms. The molecule has 0 saturated heterocycles. The predicted molar refractivity (Wildman–Crippen MR) is 216 cm³/mol. The molecule has 3 aromatic heterocycles. The molecule has 0 fully saturated rings. The Morgan fingerprint density at radius 2 is 1.58 bits per heavy atom. The van der Waals surface area contributed by atoms with Crippen molar-refractivity contribution >= 4 is 49.2 Å². The first-order valence-corrected chi connectivity index (χ1v) is 25.2. The van der Waals surface area contributed by atoms with Crippen LogP contribution in [0.5, 0.6) is 0 Å². The molecule has 0 aliphatic carbocycles. The van der Waals surface area contributed by atoms with E-state index in [2.05, 4.69) is 135 Å². The van der Waals surface area contributed by atoms with Crippen LogP contribution in [0.3, 0.4) is 0 Å². The van der Waals surface area contributed by atoms with E-state index in [1.807, 2.05) is 61.7 Å². The van der Waals surface area contributed by atoms with Gasteiger partial charge in [-0.05, 0) is 44.8 Å². The molecule has 0 aliphatic heterocycles. The van der Waals surface area contributed by atoms with E-state index >= 15 is 0 Å². The summed E-state index contributed by atoms with van der Waals surface area (Å²) in [6, 6.07) is 40.5. The summed E-state index contributed by atoms with van der Waals surface area (Å²) in [5.41, 5.74) is 10.1. The number of fused-ring (bicyclic) bond motifs is 3. The first kappa shape index (κ1) is 36.4. The zero-order valence-corrected chi connectivity index (χ0v) is 35.8. The maximum absolute atomic E-state index is 8.48. The molecule has 0 atom stereocenters. The van der Waals surface area contributed by atoms with E-state index in [4.69, 9.17) is 6.35 Å². The minimum absolute atomic E-state index is 0. The quantitative estimate of drug-likeness (QED) is 0.127. The average Bonchev–Trinajstić information content (AvgIpc) is 3.47. The number of pyridine rings is 2. The third-order valence-electron chi connectivity index (χ3n) is 9.00. The van der Waals surface area contributed by atoms with Gasteiger partial charge in [-0.2, -0.15) is 11.3 Å². The molecular formula is C45H46GeIrN2S-2. The fourth-order valence-electron chi connectivity index (χ4n) is 6.24. The van der Waals surface area contributed by atoms with E-state index in [1.165, 1.54) is 46.8 Å². The number of thiophene rings is 1. The summed E-state index contributed by atoms with van der Waals surface area (Å²) >= 11 is 0.0449. The first-order valence-electron chi connectivity index (χ1n) is 17.5. The van der Waals surface area contributed by atoms with Gasteiger partial charge in [0.2, 0.25) is 0 Å². The van der Waals surface area contributed by atoms with Crippen molar-refractivity contribution in [3.05, 3.63) is 138 Å². The Kier molecular flexibility index (Phi) is 11.2. The van der Waals surface area contributed by atoms with Crippen molar-refractivity contribution in [3.63, 3.8) is 0 Å². The van der Waals surface area contributed by atoms with Gasteiger partial charge in [-0.25, -0.2) is 0 Å². The van der Waals surface area contributed by atoms with Crippen LogP contribution < -0.4 is 4.40 Å². The van der Waals surface area contributed by atoms with Gasteiger partial charge in [0.15, 0.2) is 0 Å². The smallest absolute Gasteiger partial charge is 0.0346 e. The number of rotatable bonds is 5. The molecule has 0 aliphatic rings. The van der Waals surface area contributed by atoms with Crippen molar-refractivity contribution in [2.45, 2.75) is 70.1 Å². The van der Waals surface area contributed by atoms with Gasteiger partial charge in [-0.3, -0.25) is 0 Å². The number of nitrogens with zero attached hydrogens (tertiary/aromatic N) is 2. The van der Waals surface area contributed by atoms with Crippen LogP contribution in [-0.2, 0) is 25.5 Å². The Labute approximate surface area is 320 Å². The minimum Gasteiger partial charge on any atom is -0.305 e. The molecule has 0 N–H and O–H groups in total. The van der Waals surface area contributed by atoms with Crippen molar-refractivity contribution in [3.8, 4) is 33.6 Å². The summed E-state index contributed by atoms with van der Waals surface area (Å²) in [7, 11) is 0. The van der Waals surface area contributed by atoms with Crippen LogP contribution in [0, 0.1) is 19.1 Å². The second kappa shape index (κ2) is 15.5.